The van der Waals surface area contributed by atoms with Gasteiger partial charge in [-0.3, -0.25) is 9.59 Å². The Morgan fingerprint density at radius 3 is 2.24 bits per heavy atom. The van der Waals surface area contributed by atoms with Gasteiger partial charge in [-0.25, -0.2) is 0 Å². The van der Waals surface area contributed by atoms with Crippen LogP contribution in [0.25, 0.3) is 0 Å². The second-order valence-corrected chi connectivity index (χ2v) is 5.15. The van der Waals surface area contributed by atoms with Crippen molar-refractivity contribution in [2.24, 2.45) is 0 Å². The zero-order valence-corrected chi connectivity index (χ0v) is 12.2. The molecule has 1 amide bonds. The molecule has 1 heterocycles. The number of nitrogens with zero attached hydrogens (tertiary/aromatic N) is 1. The minimum atomic E-state index is -0.318. The van der Waals surface area contributed by atoms with E-state index in [0.29, 0.717) is 11.8 Å². The molecule has 1 aliphatic heterocycles. The summed E-state index contributed by atoms with van der Waals surface area (Å²) in [5, 5.41) is 3.64. The Labute approximate surface area is 111 Å². The maximum atomic E-state index is 11.0. The van der Waals surface area contributed by atoms with Crippen LogP contribution in [0.2, 0.25) is 0 Å². The van der Waals surface area contributed by atoms with Crippen molar-refractivity contribution in [2.75, 3.05) is 31.5 Å². The minimum Gasteiger partial charge on any atom is -0.462 e. The average Bonchev–Trinajstić information content (AvgIpc) is 2.28. The lowest BCUT2D eigenvalue weighted by Crippen LogP contribution is -2.46. The third kappa shape index (κ3) is 9.12. The number of carbonyl (C=O) groups excluding carboxylic acids is 2. The maximum absolute atomic E-state index is 11.0. The molecule has 0 unspecified atom stereocenters. The smallest absolute Gasteiger partial charge is 0.293 e. The van der Waals surface area contributed by atoms with Gasteiger partial charge in [0.1, 0.15) is 5.60 Å². The standard InChI is InChI=1S/C6H11BrN2O.C5H10O2/c7-5-6(10)9-3-1-8-2-4-9;1-5(2,3)7-4-6/h8H,1-5H2;4H,1-3H3. The van der Waals surface area contributed by atoms with Crippen molar-refractivity contribution in [3.05, 3.63) is 0 Å². The number of alkyl halides is 1. The molecule has 1 aliphatic rings. The average molecular weight is 309 g/mol. The highest BCUT2D eigenvalue weighted by Crippen LogP contribution is 2.02. The Balaban J connectivity index is 0.000000325. The molecule has 0 aromatic carbocycles. The highest BCUT2D eigenvalue weighted by atomic mass is 79.9. The van der Waals surface area contributed by atoms with Gasteiger partial charge in [0.15, 0.2) is 0 Å². The van der Waals surface area contributed by atoms with Crippen molar-refractivity contribution in [1.29, 1.82) is 0 Å². The summed E-state index contributed by atoms with van der Waals surface area (Å²) in [5.41, 5.74) is -0.318. The molecule has 6 heteroatoms. The van der Waals surface area contributed by atoms with Crippen molar-refractivity contribution in [2.45, 2.75) is 26.4 Å². The zero-order chi connectivity index (χ0) is 13.3. The van der Waals surface area contributed by atoms with Gasteiger partial charge in [0.25, 0.3) is 6.47 Å². The molecular formula is C11H21BrN2O3. The van der Waals surface area contributed by atoms with Gasteiger partial charge in [0.2, 0.25) is 5.91 Å². The van der Waals surface area contributed by atoms with Gasteiger partial charge >= 0.3 is 0 Å². The molecule has 17 heavy (non-hydrogen) atoms. The Bertz CT molecular complexity index is 235. The summed E-state index contributed by atoms with van der Waals surface area (Å²) >= 11 is 3.14. The number of piperazine rings is 1. The number of halogens is 1. The first-order chi connectivity index (χ1) is 7.90. The third-order valence-electron chi connectivity index (χ3n) is 1.99. The minimum absolute atomic E-state index is 0.196. The normalized spacial score (nSPS) is 15.6. The van der Waals surface area contributed by atoms with Crippen LogP contribution in [0, 0.1) is 0 Å². The zero-order valence-electron chi connectivity index (χ0n) is 10.7. The highest BCUT2D eigenvalue weighted by molar-refractivity contribution is 9.09. The van der Waals surface area contributed by atoms with Gasteiger partial charge in [-0.1, -0.05) is 15.9 Å². The van der Waals surface area contributed by atoms with E-state index in [-0.39, 0.29) is 11.5 Å². The van der Waals surface area contributed by atoms with Crippen LogP contribution in [-0.4, -0.2) is 54.4 Å². The molecule has 0 saturated carbocycles. The molecule has 5 nitrogen and oxygen atoms in total. The first kappa shape index (κ1) is 16.4. The van der Waals surface area contributed by atoms with E-state index in [1.807, 2.05) is 25.7 Å². The van der Waals surface area contributed by atoms with Gasteiger partial charge in [-0.05, 0) is 20.8 Å². The van der Waals surface area contributed by atoms with E-state index in [4.69, 9.17) is 0 Å². The lowest BCUT2D eigenvalue weighted by molar-refractivity contribution is -0.138. The molecular weight excluding hydrogens is 288 g/mol. The third-order valence-corrected chi connectivity index (χ3v) is 2.47. The van der Waals surface area contributed by atoms with Crippen LogP contribution in [0.5, 0.6) is 0 Å². The van der Waals surface area contributed by atoms with E-state index in [2.05, 4.69) is 26.0 Å². The summed E-state index contributed by atoms with van der Waals surface area (Å²) in [4.78, 5) is 22.5. The van der Waals surface area contributed by atoms with E-state index in [1.165, 1.54) is 0 Å². The van der Waals surface area contributed by atoms with Gasteiger partial charge in [0, 0.05) is 26.2 Å². The molecule has 0 aromatic heterocycles. The Morgan fingerprint density at radius 2 is 1.94 bits per heavy atom. The molecule has 0 spiro atoms. The molecule has 1 rings (SSSR count). The Hall–Kier alpha value is -0.620. The number of nitrogens with one attached hydrogen (secondary N) is 1. The predicted molar refractivity (Wildman–Crippen MR) is 70.1 cm³/mol. The van der Waals surface area contributed by atoms with Crippen molar-refractivity contribution in [1.82, 2.24) is 10.2 Å². The van der Waals surface area contributed by atoms with Crippen molar-refractivity contribution < 1.29 is 14.3 Å². The first-order valence-corrected chi connectivity index (χ1v) is 6.69. The largest absolute Gasteiger partial charge is 0.462 e. The highest BCUT2D eigenvalue weighted by Gasteiger charge is 2.13. The number of hydrogen-bond donors (Lipinski definition) is 1. The van der Waals surface area contributed by atoms with Crippen molar-refractivity contribution in [3.63, 3.8) is 0 Å². The van der Waals surface area contributed by atoms with Crippen molar-refractivity contribution in [3.8, 4) is 0 Å². The summed E-state index contributed by atoms with van der Waals surface area (Å²) in [6, 6.07) is 0. The van der Waals surface area contributed by atoms with Crippen LogP contribution >= 0.6 is 15.9 Å². The molecule has 1 N–H and O–H groups in total. The fourth-order valence-electron chi connectivity index (χ4n) is 1.14. The number of rotatable bonds is 2. The fourth-order valence-corrected chi connectivity index (χ4v) is 1.50. The second-order valence-electron chi connectivity index (χ2n) is 4.59. The molecule has 1 fully saturated rings. The number of hydrogen-bond acceptors (Lipinski definition) is 4. The monoisotopic (exact) mass is 308 g/mol. The van der Waals surface area contributed by atoms with Gasteiger partial charge in [-0.2, -0.15) is 0 Å². The molecule has 0 atom stereocenters. The van der Waals surface area contributed by atoms with Crippen LogP contribution < -0.4 is 5.32 Å². The summed E-state index contributed by atoms with van der Waals surface area (Å²) < 4.78 is 4.55. The maximum Gasteiger partial charge on any atom is 0.293 e. The second kappa shape index (κ2) is 8.47. The molecule has 0 aliphatic carbocycles. The fraction of sp³-hybridized carbons (Fsp3) is 0.818. The van der Waals surface area contributed by atoms with Gasteiger partial charge in [-0.15, -0.1) is 0 Å². The summed E-state index contributed by atoms with van der Waals surface area (Å²) in [5.74, 6) is 0.196. The molecule has 0 aromatic rings. The SMILES string of the molecule is CC(C)(C)OC=O.O=C(CBr)N1CCNCC1. The van der Waals surface area contributed by atoms with E-state index >= 15 is 0 Å². The predicted octanol–water partition coefficient (Wildman–Crippen LogP) is 0.771. The van der Waals surface area contributed by atoms with Crippen LogP contribution in [0.15, 0.2) is 0 Å². The summed E-state index contributed by atoms with van der Waals surface area (Å²) in [7, 11) is 0. The molecule has 0 radical (unpaired) electrons. The first-order valence-electron chi connectivity index (χ1n) is 5.56. The van der Waals surface area contributed by atoms with E-state index < -0.39 is 0 Å². The van der Waals surface area contributed by atoms with E-state index in [1.54, 1.807) is 0 Å². The van der Waals surface area contributed by atoms with E-state index in [9.17, 15) is 9.59 Å². The number of amides is 1. The lowest BCUT2D eigenvalue weighted by Gasteiger charge is -2.26. The van der Waals surface area contributed by atoms with Crippen LogP contribution in [0.3, 0.4) is 0 Å². The van der Waals surface area contributed by atoms with Gasteiger partial charge in [0.05, 0.1) is 5.33 Å². The van der Waals surface area contributed by atoms with Crippen molar-refractivity contribution >= 4 is 28.3 Å². The van der Waals surface area contributed by atoms with E-state index in [0.717, 1.165) is 26.2 Å². The summed E-state index contributed by atoms with van der Waals surface area (Å²) in [6.45, 7) is 9.48. The number of carbonyl (C=O) groups is 2. The summed E-state index contributed by atoms with van der Waals surface area (Å²) in [6.07, 6.45) is 0. The van der Waals surface area contributed by atoms with Crippen LogP contribution in [0.4, 0.5) is 0 Å². The number of ether oxygens (including phenoxy) is 1. The van der Waals surface area contributed by atoms with Crippen LogP contribution in [-0.2, 0) is 14.3 Å². The molecule has 1 saturated heterocycles. The Morgan fingerprint density at radius 1 is 1.41 bits per heavy atom. The lowest BCUT2D eigenvalue weighted by atomic mass is 10.2. The van der Waals surface area contributed by atoms with Gasteiger partial charge < -0.3 is 15.0 Å². The van der Waals surface area contributed by atoms with Crippen LogP contribution in [0.1, 0.15) is 20.8 Å². The topological polar surface area (TPSA) is 58.6 Å². The molecule has 100 valence electrons. The quantitative estimate of drug-likeness (QED) is 0.605. The molecule has 0 bridgehead atoms. The Kier molecular flexibility index (Phi) is 8.16.